The van der Waals surface area contributed by atoms with Crippen molar-refractivity contribution in [2.24, 2.45) is 0 Å². The highest BCUT2D eigenvalue weighted by atomic mass is 16.3. The van der Waals surface area contributed by atoms with E-state index in [-0.39, 0.29) is 18.8 Å². The van der Waals surface area contributed by atoms with Crippen molar-refractivity contribution in [2.45, 2.75) is 13.8 Å². The molecule has 128 valence electrons. The molecule has 0 aliphatic carbocycles. The molecular formula is C20H20N2O3. The maximum Gasteiger partial charge on any atom is 0.277 e. The van der Waals surface area contributed by atoms with E-state index >= 15 is 0 Å². The summed E-state index contributed by atoms with van der Waals surface area (Å²) < 4.78 is 0. The van der Waals surface area contributed by atoms with E-state index in [4.69, 9.17) is 5.11 Å². The number of carbonyl (C=O) groups is 2. The van der Waals surface area contributed by atoms with E-state index in [1.165, 1.54) is 17.2 Å². The third kappa shape index (κ3) is 3.46. The largest absolute Gasteiger partial charge is 0.395 e. The van der Waals surface area contributed by atoms with Crippen LogP contribution in [0, 0.1) is 13.8 Å². The number of anilines is 1. The Hall–Kier alpha value is -2.92. The zero-order valence-electron chi connectivity index (χ0n) is 14.2. The topological polar surface area (TPSA) is 69.6 Å². The molecule has 25 heavy (non-hydrogen) atoms. The Kier molecular flexibility index (Phi) is 4.67. The Morgan fingerprint density at radius 2 is 1.76 bits per heavy atom. The molecule has 3 rings (SSSR count). The number of aliphatic hydroxyl groups excluding tert-OH is 1. The minimum atomic E-state index is -0.421. The van der Waals surface area contributed by atoms with Crippen LogP contribution in [0.3, 0.4) is 0 Å². The van der Waals surface area contributed by atoms with Crippen LogP contribution in [0.4, 0.5) is 5.69 Å². The van der Waals surface area contributed by atoms with Crippen LogP contribution in [0.1, 0.15) is 11.1 Å². The zero-order chi connectivity index (χ0) is 18.0. The lowest BCUT2D eigenvalue weighted by Gasteiger charge is -2.14. The van der Waals surface area contributed by atoms with Gasteiger partial charge in [-0.15, -0.1) is 0 Å². The van der Waals surface area contributed by atoms with Crippen LogP contribution in [-0.2, 0) is 9.59 Å². The summed E-state index contributed by atoms with van der Waals surface area (Å²) in [5, 5.41) is 12.0. The average Bonchev–Trinajstić information content (AvgIpc) is 2.85. The normalized spacial score (nSPS) is 14.0. The summed E-state index contributed by atoms with van der Waals surface area (Å²) in [6.45, 7) is 3.90. The maximum absolute atomic E-state index is 12.2. The number of β-amino-alcohol motifs (C(OH)–C–C–N with tert-alkyl or cyclic N) is 1. The van der Waals surface area contributed by atoms with Gasteiger partial charge in [-0.25, -0.2) is 0 Å². The first-order chi connectivity index (χ1) is 12.0. The van der Waals surface area contributed by atoms with E-state index in [1.807, 2.05) is 24.3 Å². The Bertz CT molecular complexity index is 871. The summed E-state index contributed by atoms with van der Waals surface area (Å²) in [5.41, 5.74) is 5.52. The molecule has 0 atom stereocenters. The minimum Gasteiger partial charge on any atom is -0.395 e. The fourth-order valence-corrected chi connectivity index (χ4v) is 2.76. The van der Waals surface area contributed by atoms with Crippen molar-refractivity contribution in [1.29, 1.82) is 0 Å². The highest BCUT2D eigenvalue weighted by Crippen LogP contribution is 2.26. The van der Waals surface area contributed by atoms with Crippen LogP contribution in [0.15, 0.2) is 54.2 Å². The molecule has 2 aromatic carbocycles. The number of hydrogen-bond acceptors (Lipinski definition) is 4. The quantitative estimate of drug-likeness (QED) is 0.824. The van der Waals surface area contributed by atoms with Gasteiger partial charge in [0.1, 0.15) is 5.70 Å². The number of amides is 2. The molecule has 2 aromatic rings. The standard InChI is InChI=1S/C20H20N2O3/c1-13-6-7-16(10-14(13)2)15-4-3-5-17(11-15)21-18-12-19(24)22(8-9-23)20(18)25/h3-7,10-12,21,23H,8-9H2,1-2H3. The van der Waals surface area contributed by atoms with Gasteiger partial charge in [-0.2, -0.15) is 0 Å². The van der Waals surface area contributed by atoms with E-state index < -0.39 is 11.8 Å². The van der Waals surface area contributed by atoms with Gasteiger partial charge in [0.2, 0.25) is 0 Å². The van der Waals surface area contributed by atoms with Gasteiger partial charge in [0.15, 0.2) is 0 Å². The van der Waals surface area contributed by atoms with E-state index in [0.29, 0.717) is 0 Å². The first kappa shape index (κ1) is 16.9. The number of benzene rings is 2. The maximum atomic E-state index is 12.2. The lowest BCUT2D eigenvalue weighted by molar-refractivity contribution is -0.137. The Labute approximate surface area is 146 Å². The number of rotatable bonds is 5. The number of hydrogen-bond donors (Lipinski definition) is 2. The smallest absolute Gasteiger partial charge is 0.277 e. The fourth-order valence-electron chi connectivity index (χ4n) is 2.76. The van der Waals surface area contributed by atoms with Gasteiger partial charge in [-0.3, -0.25) is 14.5 Å². The molecule has 0 radical (unpaired) electrons. The Morgan fingerprint density at radius 1 is 1.00 bits per heavy atom. The summed E-state index contributed by atoms with van der Waals surface area (Å²) in [5.74, 6) is -0.831. The summed E-state index contributed by atoms with van der Waals surface area (Å²) >= 11 is 0. The van der Waals surface area contributed by atoms with E-state index in [2.05, 4.69) is 37.4 Å². The number of nitrogens with one attached hydrogen (secondary N) is 1. The molecule has 1 heterocycles. The molecule has 1 aliphatic rings. The van der Waals surface area contributed by atoms with Crippen molar-refractivity contribution >= 4 is 17.5 Å². The summed E-state index contributed by atoms with van der Waals surface area (Å²) in [6, 6.07) is 14.0. The van der Waals surface area contributed by atoms with Gasteiger partial charge in [0, 0.05) is 11.8 Å². The van der Waals surface area contributed by atoms with Gasteiger partial charge >= 0.3 is 0 Å². The SMILES string of the molecule is Cc1ccc(-c2cccc(NC3=CC(=O)N(CCO)C3=O)c2)cc1C. The van der Waals surface area contributed by atoms with Crippen LogP contribution >= 0.6 is 0 Å². The molecule has 2 amide bonds. The van der Waals surface area contributed by atoms with Gasteiger partial charge in [0.05, 0.1) is 13.2 Å². The summed E-state index contributed by atoms with van der Waals surface area (Å²) in [4.78, 5) is 25.0. The molecule has 0 unspecified atom stereocenters. The van der Waals surface area contributed by atoms with Crippen LogP contribution in [0.25, 0.3) is 11.1 Å². The van der Waals surface area contributed by atoms with Gasteiger partial charge < -0.3 is 10.4 Å². The van der Waals surface area contributed by atoms with E-state index in [9.17, 15) is 9.59 Å². The molecule has 0 aromatic heterocycles. The minimum absolute atomic E-state index is 0.00201. The zero-order valence-corrected chi connectivity index (χ0v) is 14.2. The Morgan fingerprint density at radius 3 is 2.48 bits per heavy atom. The predicted octanol–water partition coefficient (Wildman–Crippen LogP) is 2.63. The van der Waals surface area contributed by atoms with Crippen molar-refractivity contribution in [1.82, 2.24) is 4.90 Å². The average molecular weight is 336 g/mol. The molecule has 0 saturated carbocycles. The number of nitrogens with zero attached hydrogens (tertiary/aromatic N) is 1. The second kappa shape index (κ2) is 6.91. The van der Waals surface area contributed by atoms with Crippen LogP contribution in [0.5, 0.6) is 0 Å². The molecule has 0 fully saturated rings. The monoisotopic (exact) mass is 336 g/mol. The number of aliphatic hydroxyl groups is 1. The first-order valence-corrected chi connectivity index (χ1v) is 8.12. The van der Waals surface area contributed by atoms with Gasteiger partial charge in [0.25, 0.3) is 11.8 Å². The second-order valence-corrected chi connectivity index (χ2v) is 6.08. The van der Waals surface area contributed by atoms with Crippen molar-refractivity contribution in [3.05, 3.63) is 65.4 Å². The lowest BCUT2D eigenvalue weighted by atomic mass is 10.0. The van der Waals surface area contributed by atoms with Crippen molar-refractivity contribution in [3.8, 4) is 11.1 Å². The molecule has 5 nitrogen and oxygen atoms in total. The molecule has 5 heteroatoms. The first-order valence-electron chi connectivity index (χ1n) is 8.12. The van der Waals surface area contributed by atoms with Crippen molar-refractivity contribution in [2.75, 3.05) is 18.5 Å². The van der Waals surface area contributed by atoms with Crippen molar-refractivity contribution in [3.63, 3.8) is 0 Å². The van der Waals surface area contributed by atoms with Gasteiger partial charge in [-0.05, 0) is 48.2 Å². The molecular weight excluding hydrogens is 316 g/mol. The van der Waals surface area contributed by atoms with Crippen molar-refractivity contribution < 1.29 is 14.7 Å². The highest BCUT2D eigenvalue weighted by Gasteiger charge is 2.30. The van der Waals surface area contributed by atoms with Crippen LogP contribution in [0.2, 0.25) is 0 Å². The number of carbonyl (C=O) groups excluding carboxylic acids is 2. The highest BCUT2D eigenvalue weighted by molar-refractivity contribution is 6.17. The van der Waals surface area contributed by atoms with Crippen LogP contribution in [-0.4, -0.2) is 35.0 Å². The van der Waals surface area contributed by atoms with E-state index in [1.54, 1.807) is 0 Å². The summed E-state index contributed by atoms with van der Waals surface area (Å²) in [7, 11) is 0. The number of imide groups is 1. The van der Waals surface area contributed by atoms with E-state index in [0.717, 1.165) is 21.7 Å². The summed E-state index contributed by atoms with van der Waals surface area (Å²) in [6.07, 6.45) is 1.26. The lowest BCUT2D eigenvalue weighted by Crippen LogP contribution is -2.34. The molecule has 0 spiro atoms. The molecule has 0 bridgehead atoms. The molecule has 0 saturated heterocycles. The van der Waals surface area contributed by atoms with Crippen LogP contribution < -0.4 is 5.32 Å². The second-order valence-electron chi connectivity index (χ2n) is 6.08. The number of aryl methyl sites for hydroxylation is 2. The fraction of sp³-hybridized carbons (Fsp3) is 0.200. The molecule has 2 N–H and O–H groups in total. The third-order valence-corrected chi connectivity index (χ3v) is 4.31. The Balaban J connectivity index is 1.83. The van der Waals surface area contributed by atoms with Gasteiger partial charge in [-0.1, -0.05) is 30.3 Å². The third-order valence-electron chi connectivity index (χ3n) is 4.31. The predicted molar refractivity (Wildman–Crippen MR) is 96.9 cm³/mol. The molecule has 1 aliphatic heterocycles.